The normalized spacial score (nSPS) is 11.9. The molecule has 0 amide bonds. The van der Waals surface area contributed by atoms with E-state index < -0.39 is 5.92 Å². The van der Waals surface area contributed by atoms with Crippen molar-refractivity contribution in [3.8, 4) is 6.07 Å². The second-order valence-corrected chi connectivity index (χ2v) is 4.75. The van der Waals surface area contributed by atoms with Crippen molar-refractivity contribution in [2.24, 2.45) is 0 Å². The number of benzene rings is 1. The highest BCUT2D eigenvalue weighted by Gasteiger charge is 2.24. The lowest BCUT2D eigenvalue weighted by atomic mass is 9.92. The highest BCUT2D eigenvalue weighted by Crippen LogP contribution is 2.24. The molecule has 1 aromatic carbocycles. The van der Waals surface area contributed by atoms with Gasteiger partial charge in [0.2, 0.25) is 5.78 Å². The van der Waals surface area contributed by atoms with Crippen LogP contribution in [0.4, 0.5) is 0 Å². The molecule has 2 rings (SSSR count). The Hall–Kier alpha value is -2.05. The Balaban J connectivity index is 2.37. The van der Waals surface area contributed by atoms with Crippen LogP contribution in [0.15, 0.2) is 34.7 Å². The number of nitrogens with zero attached hydrogens (tertiary/aromatic N) is 1. The van der Waals surface area contributed by atoms with E-state index >= 15 is 0 Å². The number of rotatable bonds is 3. The Kier molecular flexibility index (Phi) is 3.73. The molecule has 1 heterocycles. The summed E-state index contributed by atoms with van der Waals surface area (Å²) >= 11 is 5.64. The highest BCUT2D eigenvalue weighted by molar-refractivity contribution is 6.29. The number of nitriles is 1. The molecular formula is C15H12ClNO2. The fraction of sp³-hybridized carbons (Fsp3) is 0.200. The summed E-state index contributed by atoms with van der Waals surface area (Å²) in [4.78, 5) is 12.2. The number of furan rings is 1. The maximum atomic E-state index is 12.2. The van der Waals surface area contributed by atoms with Crippen LogP contribution in [-0.2, 0) is 0 Å². The van der Waals surface area contributed by atoms with Gasteiger partial charge in [0.1, 0.15) is 5.92 Å². The molecule has 2 aromatic rings. The van der Waals surface area contributed by atoms with Gasteiger partial charge in [0.15, 0.2) is 11.0 Å². The predicted molar refractivity (Wildman–Crippen MR) is 72.3 cm³/mol. The maximum absolute atomic E-state index is 12.2. The molecule has 0 fully saturated rings. The van der Waals surface area contributed by atoms with Gasteiger partial charge >= 0.3 is 0 Å². The SMILES string of the molecule is Cc1ccc(C(C#N)C(=O)c2ccc(Cl)o2)cc1C. The molecule has 0 aliphatic rings. The fourth-order valence-electron chi connectivity index (χ4n) is 1.82. The number of halogens is 1. The lowest BCUT2D eigenvalue weighted by Crippen LogP contribution is -2.10. The maximum Gasteiger partial charge on any atom is 0.219 e. The summed E-state index contributed by atoms with van der Waals surface area (Å²) < 4.78 is 5.07. The van der Waals surface area contributed by atoms with E-state index in [1.54, 1.807) is 6.07 Å². The summed E-state index contributed by atoms with van der Waals surface area (Å²) in [6.07, 6.45) is 0. The highest BCUT2D eigenvalue weighted by atomic mass is 35.5. The molecule has 0 aliphatic carbocycles. The first-order valence-corrected chi connectivity index (χ1v) is 6.17. The summed E-state index contributed by atoms with van der Waals surface area (Å²) in [7, 11) is 0. The Morgan fingerprint density at radius 1 is 1.26 bits per heavy atom. The number of hydrogen-bond donors (Lipinski definition) is 0. The average molecular weight is 274 g/mol. The van der Waals surface area contributed by atoms with Crippen molar-refractivity contribution in [3.63, 3.8) is 0 Å². The summed E-state index contributed by atoms with van der Waals surface area (Å²) in [5.41, 5.74) is 2.83. The van der Waals surface area contributed by atoms with Gasteiger partial charge < -0.3 is 4.42 Å². The summed E-state index contributed by atoms with van der Waals surface area (Å²) in [5.74, 6) is -1.14. The van der Waals surface area contributed by atoms with Crippen LogP contribution < -0.4 is 0 Å². The molecule has 0 radical (unpaired) electrons. The van der Waals surface area contributed by atoms with Crippen LogP contribution in [0, 0.1) is 25.2 Å². The third-order valence-electron chi connectivity index (χ3n) is 3.07. The molecule has 0 saturated heterocycles. The van der Waals surface area contributed by atoms with E-state index in [0.717, 1.165) is 11.1 Å². The first-order valence-electron chi connectivity index (χ1n) is 5.79. The number of Topliss-reactive ketones (excluding diaryl/α,β-unsaturated/α-hetero) is 1. The standard InChI is InChI=1S/C15H12ClNO2/c1-9-3-4-11(7-10(9)2)12(8-17)15(18)13-5-6-14(16)19-13/h3-7,12H,1-2H3. The first kappa shape index (κ1) is 13.4. The minimum absolute atomic E-state index is 0.106. The van der Waals surface area contributed by atoms with Crippen molar-refractivity contribution < 1.29 is 9.21 Å². The molecule has 0 aliphatic heterocycles. The zero-order chi connectivity index (χ0) is 14.0. The van der Waals surface area contributed by atoms with Crippen molar-refractivity contribution in [2.45, 2.75) is 19.8 Å². The molecule has 1 unspecified atom stereocenters. The van der Waals surface area contributed by atoms with Gasteiger partial charge in [0, 0.05) is 0 Å². The summed E-state index contributed by atoms with van der Waals surface area (Å²) in [6, 6.07) is 10.5. The van der Waals surface area contributed by atoms with Crippen LogP contribution in [0.5, 0.6) is 0 Å². The van der Waals surface area contributed by atoms with Gasteiger partial charge in [-0.25, -0.2) is 0 Å². The van der Waals surface area contributed by atoms with Crippen molar-refractivity contribution in [3.05, 3.63) is 58.0 Å². The second kappa shape index (κ2) is 5.29. The average Bonchev–Trinajstić information content (AvgIpc) is 2.81. The van der Waals surface area contributed by atoms with E-state index in [0.29, 0.717) is 5.56 Å². The van der Waals surface area contributed by atoms with Gasteiger partial charge in [-0.15, -0.1) is 0 Å². The number of hydrogen-bond acceptors (Lipinski definition) is 3. The molecule has 0 N–H and O–H groups in total. The number of carbonyl (C=O) groups is 1. The molecule has 3 nitrogen and oxygen atoms in total. The van der Waals surface area contributed by atoms with E-state index in [1.165, 1.54) is 12.1 Å². The van der Waals surface area contributed by atoms with Crippen molar-refractivity contribution in [1.82, 2.24) is 0 Å². The Bertz CT molecular complexity index is 667. The molecule has 1 atom stereocenters. The topological polar surface area (TPSA) is 54.0 Å². The largest absolute Gasteiger partial charge is 0.442 e. The van der Waals surface area contributed by atoms with Crippen LogP contribution in [0.1, 0.15) is 33.2 Å². The van der Waals surface area contributed by atoms with Gasteiger partial charge in [-0.2, -0.15) is 5.26 Å². The fourth-order valence-corrected chi connectivity index (χ4v) is 1.96. The molecule has 4 heteroatoms. The zero-order valence-electron chi connectivity index (χ0n) is 10.6. The van der Waals surface area contributed by atoms with Crippen molar-refractivity contribution >= 4 is 17.4 Å². The molecule has 19 heavy (non-hydrogen) atoms. The molecule has 0 bridgehead atoms. The van der Waals surface area contributed by atoms with E-state index in [4.69, 9.17) is 16.0 Å². The zero-order valence-corrected chi connectivity index (χ0v) is 11.4. The number of ketones is 1. The van der Waals surface area contributed by atoms with Gasteiger partial charge in [0.05, 0.1) is 6.07 Å². The predicted octanol–water partition coefficient (Wildman–Crippen LogP) is 4.04. The summed E-state index contributed by atoms with van der Waals surface area (Å²) in [6.45, 7) is 3.93. The quantitative estimate of drug-likeness (QED) is 0.793. The molecule has 1 aromatic heterocycles. The lowest BCUT2D eigenvalue weighted by molar-refractivity contribution is 0.0952. The van der Waals surface area contributed by atoms with Crippen LogP contribution in [0.2, 0.25) is 5.22 Å². The van der Waals surface area contributed by atoms with E-state index in [1.807, 2.05) is 32.0 Å². The number of carbonyl (C=O) groups excluding carboxylic acids is 1. The molecule has 0 spiro atoms. The van der Waals surface area contributed by atoms with E-state index in [2.05, 4.69) is 0 Å². The third-order valence-corrected chi connectivity index (χ3v) is 3.27. The monoisotopic (exact) mass is 273 g/mol. The Morgan fingerprint density at radius 2 is 2.00 bits per heavy atom. The molecule has 0 saturated carbocycles. The van der Waals surface area contributed by atoms with Gasteiger partial charge in [-0.1, -0.05) is 18.2 Å². The summed E-state index contributed by atoms with van der Waals surface area (Å²) in [5, 5.41) is 9.37. The minimum atomic E-state index is -0.874. The molecular weight excluding hydrogens is 262 g/mol. The van der Waals surface area contributed by atoms with Gasteiger partial charge in [-0.3, -0.25) is 4.79 Å². The second-order valence-electron chi connectivity index (χ2n) is 4.37. The third kappa shape index (κ3) is 2.69. The smallest absolute Gasteiger partial charge is 0.219 e. The van der Waals surface area contributed by atoms with Crippen molar-refractivity contribution in [2.75, 3.05) is 0 Å². The lowest BCUT2D eigenvalue weighted by Gasteiger charge is -2.09. The van der Waals surface area contributed by atoms with Crippen LogP contribution in [0.25, 0.3) is 0 Å². The Morgan fingerprint density at radius 3 is 2.53 bits per heavy atom. The van der Waals surface area contributed by atoms with Crippen LogP contribution in [-0.4, -0.2) is 5.78 Å². The van der Waals surface area contributed by atoms with E-state index in [-0.39, 0.29) is 16.8 Å². The Labute approximate surface area is 116 Å². The van der Waals surface area contributed by atoms with E-state index in [9.17, 15) is 10.1 Å². The van der Waals surface area contributed by atoms with Crippen LogP contribution in [0.3, 0.4) is 0 Å². The van der Waals surface area contributed by atoms with Crippen molar-refractivity contribution in [1.29, 1.82) is 5.26 Å². The number of aryl methyl sites for hydroxylation is 2. The minimum Gasteiger partial charge on any atom is -0.442 e. The molecule has 96 valence electrons. The van der Waals surface area contributed by atoms with Gasteiger partial charge in [0.25, 0.3) is 0 Å². The first-order chi connectivity index (χ1) is 9.02. The van der Waals surface area contributed by atoms with Gasteiger partial charge in [-0.05, 0) is 54.3 Å². The van der Waals surface area contributed by atoms with Crippen LogP contribution >= 0.6 is 11.6 Å².